The van der Waals surface area contributed by atoms with Crippen LogP contribution in [0.2, 0.25) is 0 Å². The van der Waals surface area contributed by atoms with Gasteiger partial charge in [0.05, 0.1) is 9.13 Å². The summed E-state index contributed by atoms with van der Waals surface area (Å²) < 4.78 is 22.4. The van der Waals surface area contributed by atoms with Gasteiger partial charge in [-0.1, -0.05) is 82.9 Å². The molecule has 0 spiro atoms. The Morgan fingerprint density at radius 1 is 0.833 bits per heavy atom. The Kier molecular flexibility index (Phi) is 15.6. The van der Waals surface area contributed by atoms with E-state index in [4.69, 9.17) is 0 Å². The monoisotopic (exact) mass is 530 g/mol. The maximum atomic E-state index is 11.2. The molecular weight excluding hydrogens is 491 g/mol. The van der Waals surface area contributed by atoms with Crippen molar-refractivity contribution in [3.63, 3.8) is 0 Å². The zero-order chi connectivity index (χ0) is 22.0. The summed E-state index contributed by atoms with van der Waals surface area (Å²) >= 11 is -3.77. The molecule has 0 aliphatic rings. The van der Waals surface area contributed by atoms with Crippen LogP contribution in [0, 0.1) is 3.57 Å². The average Bonchev–Trinajstić information content (AvgIpc) is 2.73. The first-order valence-electron chi connectivity index (χ1n) is 11.6. The van der Waals surface area contributed by atoms with Gasteiger partial charge in [-0.05, 0) is 56.2 Å². The van der Waals surface area contributed by atoms with Crippen LogP contribution < -0.4 is 0 Å². The molecule has 0 saturated carbocycles. The minimum atomic E-state index is -3.77. The number of aromatic carboxylic acids is 1. The lowest BCUT2D eigenvalue weighted by Gasteiger charge is -2.05. The predicted octanol–water partition coefficient (Wildman–Crippen LogP) is 8.33. The number of carbonyl (C=O) groups is 1. The normalized spacial score (nSPS) is 11.5. The molecule has 0 bridgehead atoms. The van der Waals surface area contributed by atoms with Gasteiger partial charge >= 0.3 is 25.8 Å². The van der Waals surface area contributed by atoms with E-state index in [-0.39, 0.29) is 9.13 Å². The van der Waals surface area contributed by atoms with E-state index >= 15 is 0 Å². The van der Waals surface area contributed by atoms with E-state index in [1.54, 1.807) is 6.07 Å². The minimum Gasteiger partial charge on any atom is -0.478 e. The second-order valence-electron chi connectivity index (χ2n) is 8.02. The maximum Gasteiger partial charge on any atom is 0.341 e. The van der Waals surface area contributed by atoms with Crippen LogP contribution in [0.1, 0.15) is 113 Å². The number of carboxylic acid groups (broad SMARTS) is 1. The van der Waals surface area contributed by atoms with Crippen molar-refractivity contribution < 1.29 is 16.0 Å². The number of hydrogen-bond acceptors (Lipinski definition) is 3. The van der Waals surface area contributed by atoms with Gasteiger partial charge in [0.25, 0.3) is 0 Å². The highest BCUT2D eigenvalue weighted by Gasteiger charge is 2.14. The molecule has 1 rings (SSSR count). The Morgan fingerprint density at radius 3 is 1.90 bits per heavy atom. The van der Waals surface area contributed by atoms with Gasteiger partial charge in [0.1, 0.15) is 0 Å². The topological polar surface area (TPSA) is 71.4 Å². The van der Waals surface area contributed by atoms with E-state index in [0.29, 0.717) is 0 Å². The lowest BCUT2D eigenvalue weighted by atomic mass is 10.0. The Labute approximate surface area is 189 Å². The van der Waals surface area contributed by atoms with Crippen LogP contribution in [0.15, 0.2) is 30.4 Å². The molecule has 0 amide bonds. The molecular formula is C25H39IO4. The van der Waals surface area contributed by atoms with Crippen molar-refractivity contribution in [1.82, 2.24) is 0 Å². The van der Waals surface area contributed by atoms with E-state index in [1.165, 1.54) is 82.8 Å². The van der Waals surface area contributed by atoms with Gasteiger partial charge in [-0.25, -0.2) is 10.9 Å². The smallest absolute Gasteiger partial charge is 0.341 e. The number of benzene rings is 1. The lowest BCUT2D eigenvalue weighted by molar-refractivity contribution is 0.0695. The Morgan fingerprint density at radius 2 is 1.37 bits per heavy atom. The minimum absolute atomic E-state index is 0.0192. The van der Waals surface area contributed by atoms with Gasteiger partial charge in [0.15, 0.2) is 0 Å². The fourth-order valence-electron chi connectivity index (χ4n) is 3.60. The van der Waals surface area contributed by atoms with Crippen LogP contribution in [0.4, 0.5) is 0 Å². The summed E-state index contributed by atoms with van der Waals surface area (Å²) in [6.07, 6.45) is 23.2. The summed E-state index contributed by atoms with van der Waals surface area (Å²) in [4.78, 5) is 11.2. The van der Waals surface area contributed by atoms with E-state index in [1.807, 2.05) is 0 Å². The molecule has 170 valence electrons. The molecule has 0 saturated heterocycles. The molecule has 1 N–H and O–H groups in total. The van der Waals surface area contributed by atoms with Gasteiger partial charge in [0.2, 0.25) is 0 Å². The zero-order valence-corrected chi connectivity index (χ0v) is 20.7. The summed E-state index contributed by atoms with van der Waals surface area (Å²) in [6.45, 7) is 2.26. The summed E-state index contributed by atoms with van der Waals surface area (Å²) in [5, 5.41) is 9.19. The molecule has 5 heteroatoms. The number of halogens is 1. The van der Waals surface area contributed by atoms with Crippen molar-refractivity contribution in [2.24, 2.45) is 0 Å². The molecule has 0 aromatic heterocycles. The quantitative estimate of drug-likeness (QED) is 0.118. The highest BCUT2D eigenvalue weighted by Crippen LogP contribution is 2.24. The van der Waals surface area contributed by atoms with Crippen molar-refractivity contribution in [3.05, 3.63) is 45.0 Å². The fraction of sp³-hybridized carbons (Fsp3) is 0.640. The lowest BCUT2D eigenvalue weighted by Crippen LogP contribution is -2.01. The Balaban J connectivity index is 2.05. The first kappa shape index (κ1) is 26.8. The standard InChI is InChI=1S/C25H39IO4/c1-2-3-4-5-6-7-8-9-10-11-12-13-14-15-16-17-18-22-19-20-24(26(29)30)23(21-22)25(27)28/h11-12,19-21H,2-10,13-18H2,1H3,(H,27,28)/b12-11+. The Hall–Kier alpha value is -1.24. The summed E-state index contributed by atoms with van der Waals surface area (Å²) in [5.41, 5.74) is 0.823. The number of aryl methyl sites for hydroxylation is 1. The van der Waals surface area contributed by atoms with Gasteiger partial charge < -0.3 is 5.11 Å². The molecule has 0 aliphatic heterocycles. The second-order valence-corrected chi connectivity index (χ2v) is 10.4. The second kappa shape index (κ2) is 17.4. The molecule has 0 atom stereocenters. The van der Waals surface area contributed by atoms with Crippen molar-refractivity contribution in [2.75, 3.05) is 0 Å². The molecule has 30 heavy (non-hydrogen) atoms. The summed E-state index contributed by atoms with van der Waals surface area (Å²) in [6, 6.07) is 4.71. The number of allylic oxidation sites excluding steroid dienone is 2. The van der Waals surface area contributed by atoms with Crippen LogP contribution in [-0.4, -0.2) is 11.1 Å². The number of rotatable bonds is 18. The molecule has 0 fully saturated rings. The van der Waals surface area contributed by atoms with Gasteiger partial charge in [-0.2, -0.15) is 0 Å². The van der Waals surface area contributed by atoms with Crippen LogP contribution in [-0.2, 0) is 12.6 Å². The highest BCUT2D eigenvalue weighted by molar-refractivity contribution is 14.2. The van der Waals surface area contributed by atoms with Crippen LogP contribution in [0.25, 0.3) is 0 Å². The SMILES string of the molecule is CCCCCCCCCC/C=C/CCCCCCc1ccc(I(=O)=O)c(C(=O)O)c1. The maximum absolute atomic E-state index is 11.2. The Bertz CT molecular complexity index is 699. The molecule has 4 nitrogen and oxygen atoms in total. The first-order valence-corrected chi connectivity index (χ1v) is 14.5. The van der Waals surface area contributed by atoms with Crippen LogP contribution in [0.5, 0.6) is 0 Å². The fourth-order valence-corrected chi connectivity index (χ4v) is 4.94. The predicted molar refractivity (Wildman–Crippen MR) is 131 cm³/mol. The molecule has 0 unspecified atom stereocenters. The number of carboxylic acids is 1. The summed E-state index contributed by atoms with van der Waals surface area (Å²) in [5.74, 6) is -1.17. The number of hydrogen-bond donors (Lipinski definition) is 1. The average molecular weight is 530 g/mol. The van der Waals surface area contributed by atoms with E-state index in [2.05, 4.69) is 19.1 Å². The summed E-state index contributed by atoms with van der Waals surface area (Å²) in [7, 11) is 0. The molecule has 0 heterocycles. The number of unbranched alkanes of at least 4 members (excludes halogenated alkanes) is 12. The third kappa shape index (κ3) is 12.5. The van der Waals surface area contributed by atoms with Gasteiger partial charge in [-0.15, -0.1) is 0 Å². The van der Waals surface area contributed by atoms with Crippen molar-refractivity contribution >= 4 is 25.8 Å². The van der Waals surface area contributed by atoms with Crippen molar-refractivity contribution in [1.29, 1.82) is 0 Å². The van der Waals surface area contributed by atoms with Crippen molar-refractivity contribution in [2.45, 2.75) is 103 Å². The van der Waals surface area contributed by atoms with Crippen molar-refractivity contribution in [3.8, 4) is 0 Å². The third-order valence-electron chi connectivity index (χ3n) is 5.40. The van der Waals surface area contributed by atoms with E-state index in [0.717, 1.165) is 31.2 Å². The van der Waals surface area contributed by atoms with E-state index < -0.39 is 25.8 Å². The first-order chi connectivity index (χ1) is 14.6. The molecule has 1 aromatic carbocycles. The third-order valence-corrected chi connectivity index (χ3v) is 7.29. The van der Waals surface area contributed by atoms with E-state index in [9.17, 15) is 16.0 Å². The van der Waals surface area contributed by atoms with Gasteiger partial charge in [-0.3, -0.25) is 0 Å². The molecule has 1 aromatic rings. The van der Waals surface area contributed by atoms with Crippen LogP contribution >= 0.6 is 19.8 Å². The van der Waals surface area contributed by atoms with Crippen LogP contribution in [0.3, 0.4) is 0 Å². The molecule has 0 aliphatic carbocycles. The zero-order valence-electron chi connectivity index (χ0n) is 18.5. The molecule has 0 radical (unpaired) electrons. The van der Waals surface area contributed by atoms with Gasteiger partial charge in [0, 0.05) is 0 Å². The highest BCUT2D eigenvalue weighted by atomic mass is 127. The largest absolute Gasteiger partial charge is 0.478 e.